The van der Waals surface area contributed by atoms with Crippen molar-refractivity contribution in [1.82, 2.24) is 9.88 Å². The summed E-state index contributed by atoms with van der Waals surface area (Å²) in [6, 6.07) is 19.4. The molecule has 1 aliphatic heterocycles. The molecule has 262 valence electrons. The van der Waals surface area contributed by atoms with Gasteiger partial charge >= 0.3 is 0 Å². The van der Waals surface area contributed by atoms with Gasteiger partial charge in [-0.25, -0.2) is 0 Å². The van der Waals surface area contributed by atoms with Crippen molar-refractivity contribution in [2.75, 3.05) is 25.0 Å². The number of unbranched alkanes of at least 4 members (excludes halogenated alkanes) is 10. The number of carbonyl (C=O) groups excluding carboxylic acids is 1. The molecule has 48 heavy (non-hydrogen) atoms. The zero-order valence-electron chi connectivity index (χ0n) is 29.6. The number of aromatic nitrogens is 1. The van der Waals surface area contributed by atoms with Crippen molar-refractivity contribution < 1.29 is 19.4 Å². The van der Waals surface area contributed by atoms with Gasteiger partial charge in [0.05, 0.1) is 24.4 Å². The highest BCUT2D eigenvalue weighted by atomic mass is 16.7. The van der Waals surface area contributed by atoms with Gasteiger partial charge in [-0.1, -0.05) is 121 Å². The van der Waals surface area contributed by atoms with E-state index in [0.717, 1.165) is 36.3 Å². The van der Waals surface area contributed by atoms with Crippen molar-refractivity contribution in [3.63, 3.8) is 0 Å². The highest BCUT2D eigenvalue weighted by Crippen LogP contribution is 2.42. The lowest BCUT2D eigenvalue weighted by molar-refractivity contribution is -0.276. The van der Waals surface area contributed by atoms with Gasteiger partial charge in [0.1, 0.15) is 0 Å². The maximum Gasteiger partial charge on any atom is 0.257 e. The molecule has 1 fully saturated rings. The number of aliphatic hydroxyl groups excluding tert-OH is 1. The summed E-state index contributed by atoms with van der Waals surface area (Å²) < 4.78 is 13.6. The molecule has 4 atom stereocenters. The van der Waals surface area contributed by atoms with Crippen molar-refractivity contribution in [2.45, 2.75) is 123 Å². The number of anilines is 1. The summed E-state index contributed by atoms with van der Waals surface area (Å²) in [4.78, 5) is 19.6. The van der Waals surface area contributed by atoms with Crippen LogP contribution in [0.15, 0.2) is 73.1 Å². The number of aliphatic hydroxyl groups is 1. The van der Waals surface area contributed by atoms with E-state index in [-0.39, 0.29) is 30.6 Å². The Morgan fingerprint density at radius 2 is 1.48 bits per heavy atom. The van der Waals surface area contributed by atoms with E-state index in [0.29, 0.717) is 11.3 Å². The molecule has 2 N–H and O–H groups in total. The molecule has 7 nitrogen and oxygen atoms in total. The van der Waals surface area contributed by atoms with Crippen molar-refractivity contribution in [3.8, 4) is 0 Å². The van der Waals surface area contributed by atoms with Crippen molar-refractivity contribution in [2.24, 2.45) is 5.92 Å². The van der Waals surface area contributed by atoms with Gasteiger partial charge in [-0.15, -0.1) is 0 Å². The number of carbonyl (C=O) groups is 1. The van der Waals surface area contributed by atoms with Crippen LogP contribution in [0.2, 0.25) is 0 Å². The van der Waals surface area contributed by atoms with Crippen LogP contribution in [0.5, 0.6) is 0 Å². The Balaban J connectivity index is 1.51. The number of benzene rings is 2. The first-order valence-corrected chi connectivity index (χ1v) is 18.6. The first-order valence-electron chi connectivity index (χ1n) is 18.6. The number of amides is 1. The SMILES string of the molecule is CCCCCCCCN(CCCCCCCC)C[C@H]1O[C@@H](c2cccc(NC(=O)c3cccnc3)c2)O[C@@H](c2ccc(CO)cc2)[C@H]1C. The van der Waals surface area contributed by atoms with Crippen molar-refractivity contribution >= 4 is 11.6 Å². The summed E-state index contributed by atoms with van der Waals surface area (Å²) in [5.74, 6) is -0.0922. The van der Waals surface area contributed by atoms with Crippen LogP contribution in [0, 0.1) is 5.92 Å². The quantitative estimate of drug-likeness (QED) is 0.111. The first-order chi connectivity index (χ1) is 23.5. The smallest absolute Gasteiger partial charge is 0.257 e. The summed E-state index contributed by atoms with van der Waals surface area (Å²) in [7, 11) is 0. The summed E-state index contributed by atoms with van der Waals surface area (Å²) in [6.45, 7) is 9.83. The Kier molecular flexibility index (Phi) is 16.6. The minimum absolute atomic E-state index is 0.0130. The van der Waals surface area contributed by atoms with Gasteiger partial charge in [0, 0.05) is 36.1 Å². The number of nitrogens with one attached hydrogen (secondary N) is 1. The monoisotopic (exact) mass is 657 g/mol. The Bertz CT molecular complexity index is 1300. The van der Waals surface area contributed by atoms with Crippen LogP contribution in [0.1, 0.15) is 137 Å². The zero-order chi connectivity index (χ0) is 34.0. The van der Waals surface area contributed by atoms with E-state index >= 15 is 0 Å². The van der Waals surface area contributed by atoms with E-state index in [1.54, 1.807) is 24.5 Å². The third-order valence-corrected chi connectivity index (χ3v) is 9.56. The zero-order valence-corrected chi connectivity index (χ0v) is 29.6. The summed E-state index contributed by atoms with van der Waals surface area (Å²) >= 11 is 0. The van der Waals surface area contributed by atoms with Gasteiger partial charge in [-0.2, -0.15) is 0 Å². The highest BCUT2D eigenvalue weighted by molar-refractivity contribution is 6.04. The van der Waals surface area contributed by atoms with E-state index in [4.69, 9.17) is 9.47 Å². The van der Waals surface area contributed by atoms with Crippen LogP contribution in [0.4, 0.5) is 5.69 Å². The number of rotatable bonds is 21. The molecule has 0 radical (unpaired) electrons. The third kappa shape index (κ3) is 12.1. The predicted octanol–water partition coefficient (Wildman–Crippen LogP) is 9.64. The number of ether oxygens (including phenoxy) is 2. The fourth-order valence-corrected chi connectivity index (χ4v) is 6.57. The van der Waals surface area contributed by atoms with E-state index < -0.39 is 6.29 Å². The number of nitrogens with zero attached hydrogens (tertiary/aromatic N) is 2. The van der Waals surface area contributed by atoms with Crippen LogP contribution in [0.25, 0.3) is 0 Å². The summed E-state index contributed by atoms with van der Waals surface area (Å²) in [5.41, 5.74) is 4.01. The second kappa shape index (κ2) is 21.1. The number of hydrogen-bond acceptors (Lipinski definition) is 6. The summed E-state index contributed by atoms with van der Waals surface area (Å²) in [5, 5.41) is 12.7. The molecule has 2 aromatic carbocycles. The van der Waals surface area contributed by atoms with Gasteiger partial charge in [0.25, 0.3) is 5.91 Å². The van der Waals surface area contributed by atoms with Crippen molar-refractivity contribution in [3.05, 3.63) is 95.3 Å². The standard InChI is InChI=1S/C41H59N3O4/c1-4-6-8-10-12-14-26-44(27-15-13-11-9-7-5-2)30-38-32(3)39(34-23-21-33(31-45)22-24-34)48-41(47-38)35-18-16-20-37(28-35)43-40(46)36-19-17-25-42-29-36/h16-25,28-29,32,38-39,41,45H,4-15,26-27,30-31H2,1-3H3,(H,43,46)/t32-,38+,39+,41+/m0/s1. The van der Waals surface area contributed by atoms with Gasteiger partial charge in [0.2, 0.25) is 0 Å². The molecule has 1 aliphatic rings. The van der Waals surface area contributed by atoms with Crippen LogP contribution in [0.3, 0.4) is 0 Å². The maximum atomic E-state index is 12.9. The molecule has 0 bridgehead atoms. The predicted molar refractivity (Wildman–Crippen MR) is 195 cm³/mol. The Morgan fingerprint density at radius 3 is 2.10 bits per heavy atom. The molecule has 0 unspecified atom stereocenters. The van der Waals surface area contributed by atoms with E-state index in [9.17, 15) is 9.90 Å². The van der Waals surface area contributed by atoms with Crippen LogP contribution >= 0.6 is 0 Å². The van der Waals surface area contributed by atoms with Crippen molar-refractivity contribution in [1.29, 1.82) is 0 Å². The molecule has 0 aliphatic carbocycles. The molecule has 0 spiro atoms. The molecule has 4 rings (SSSR count). The minimum atomic E-state index is -0.589. The van der Waals surface area contributed by atoms with Gasteiger partial charge < -0.3 is 24.8 Å². The normalized spacial score (nSPS) is 19.4. The molecule has 1 amide bonds. The second-order valence-electron chi connectivity index (χ2n) is 13.5. The number of pyridine rings is 1. The lowest BCUT2D eigenvalue weighted by Crippen LogP contribution is -2.45. The molecular weight excluding hydrogens is 598 g/mol. The summed E-state index contributed by atoms with van der Waals surface area (Å²) in [6.07, 6.45) is 17.9. The fourth-order valence-electron chi connectivity index (χ4n) is 6.57. The average molecular weight is 658 g/mol. The molecule has 3 aromatic rings. The molecular formula is C41H59N3O4. The Morgan fingerprint density at radius 1 is 0.812 bits per heavy atom. The maximum absolute atomic E-state index is 12.9. The third-order valence-electron chi connectivity index (χ3n) is 9.56. The first kappa shape index (κ1) is 37.7. The van der Waals surface area contributed by atoms with Gasteiger partial charge in [-0.3, -0.25) is 9.78 Å². The number of hydrogen-bond donors (Lipinski definition) is 2. The molecule has 1 saturated heterocycles. The minimum Gasteiger partial charge on any atom is -0.392 e. The van der Waals surface area contributed by atoms with Crippen LogP contribution < -0.4 is 5.32 Å². The second-order valence-corrected chi connectivity index (χ2v) is 13.5. The molecule has 7 heteroatoms. The van der Waals surface area contributed by atoms with Gasteiger partial charge in [-0.05, 0) is 61.3 Å². The van der Waals surface area contributed by atoms with E-state index in [2.05, 4.69) is 48.1 Å². The van der Waals surface area contributed by atoms with E-state index in [1.165, 1.54) is 77.0 Å². The Labute approximate surface area is 289 Å². The van der Waals surface area contributed by atoms with Crippen LogP contribution in [-0.4, -0.2) is 46.6 Å². The topological polar surface area (TPSA) is 83.9 Å². The molecule has 1 aromatic heterocycles. The largest absolute Gasteiger partial charge is 0.392 e. The average Bonchev–Trinajstić information content (AvgIpc) is 3.12. The fraction of sp³-hybridized carbons (Fsp3) is 0.561. The molecule has 0 saturated carbocycles. The highest BCUT2D eigenvalue weighted by Gasteiger charge is 2.39. The van der Waals surface area contributed by atoms with Gasteiger partial charge in [0.15, 0.2) is 6.29 Å². The van der Waals surface area contributed by atoms with E-state index in [1.807, 2.05) is 36.4 Å². The lowest BCUT2D eigenvalue weighted by Gasteiger charge is -2.43. The Hall–Kier alpha value is -3.10. The van der Waals surface area contributed by atoms with Crippen LogP contribution in [-0.2, 0) is 16.1 Å². The molecule has 2 heterocycles. The lowest BCUT2D eigenvalue weighted by atomic mass is 9.90.